The van der Waals surface area contributed by atoms with E-state index in [0.29, 0.717) is 15.1 Å². The normalized spacial score (nSPS) is 11.8. The van der Waals surface area contributed by atoms with Crippen molar-refractivity contribution in [3.05, 3.63) is 27.2 Å². The van der Waals surface area contributed by atoms with E-state index >= 15 is 0 Å². The Kier molecular flexibility index (Phi) is 3.34. The lowest BCUT2D eigenvalue weighted by molar-refractivity contribution is 1.67. The minimum Gasteiger partial charge on any atom is -0.0827 e. The lowest BCUT2D eigenvalue weighted by Gasteiger charge is -2.17. The largest absolute Gasteiger partial charge is 0.0827 e. The molecule has 1 aromatic carbocycles. The molecule has 1 aromatic rings. The van der Waals surface area contributed by atoms with Gasteiger partial charge < -0.3 is 0 Å². The van der Waals surface area contributed by atoms with Crippen molar-refractivity contribution in [1.29, 1.82) is 0 Å². The summed E-state index contributed by atoms with van der Waals surface area (Å²) in [4.78, 5) is 0. The molecule has 0 unspecified atom stereocenters. The smallest absolute Gasteiger partial charge is 0.0778 e. The zero-order chi connectivity index (χ0) is 10.2. The topological polar surface area (TPSA) is 0 Å². The van der Waals surface area contributed by atoms with Crippen LogP contribution in [0.4, 0.5) is 0 Å². The van der Waals surface area contributed by atoms with Gasteiger partial charge in [0, 0.05) is 0 Å². The Balaban J connectivity index is 3.29. The molecule has 72 valence electrons. The van der Waals surface area contributed by atoms with Crippen molar-refractivity contribution < 1.29 is 0 Å². The summed E-state index contributed by atoms with van der Waals surface area (Å²) >= 11 is 17.7. The first kappa shape index (κ1) is 11.4. The molecular formula is C9H11Cl3Si. The van der Waals surface area contributed by atoms with Crippen molar-refractivity contribution in [2.45, 2.75) is 19.6 Å². The molecule has 4 heteroatoms. The summed E-state index contributed by atoms with van der Waals surface area (Å²) in [6.45, 7) is 6.72. The molecule has 0 spiro atoms. The van der Waals surface area contributed by atoms with Crippen LogP contribution in [0.25, 0.3) is 0 Å². The number of hydrogen-bond acceptors (Lipinski definition) is 0. The Hall–Kier alpha value is 0.307. The van der Waals surface area contributed by atoms with E-state index in [1.54, 1.807) is 0 Å². The van der Waals surface area contributed by atoms with Crippen molar-refractivity contribution in [1.82, 2.24) is 0 Å². The molecule has 13 heavy (non-hydrogen) atoms. The van der Waals surface area contributed by atoms with Crippen molar-refractivity contribution in [3.8, 4) is 0 Å². The van der Waals surface area contributed by atoms with Crippen molar-refractivity contribution in [2.75, 3.05) is 0 Å². The predicted molar refractivity (Wildman–Crippen MR) is 64.5 cm³/mol. The highest BCUT2D eigenvalue weighted by Crippen LogP contribution is 2.29. The van der Waals surface area contributed by atoms with Crippen LogP contribution < -0.4 is 5.19 Å². The van der Waals surface area contributed by atoms with Crippen LogP contribution in [0.3, 0.4) is 0 Å². The molecular weight excluding hydrogens is 243 g/mol. The molecule has 0 nitrogen and oxygen atoms in total. The summed E-state index contributed by atoms with van der Waals surface area (Å²) in [6.07, 6.45) is 0. The SMILES string of the molecule is C[Si](C)(C)c1cc(Cl)c(Cl)c(Cl)c1. The summed E-state index contributed by atoms with van der Waals surface area (Å²) < 4.78 is 0. The quantitative estimate of drug-likeness (QED) is 0.520. The number of hydrogen-bond donors (Lipinski definition) is 0. The molecule has 0 saturated heterocycles. The first-order valence-electron chi connectivity index (χ1n) is 3.97. The third-order valence-electron chi connectivity index (χ3n) is 1.85. The highest BCUT2D eigenvalue weighted by atomic mass is 35.5. The van der Waals surface area contributed by atoms with Gasteiger partial charge in [-0.15, -0.1) is 0 Å². The van der Waals surface area contributed by atoms with Crippen LogP contribution in [0.2, 0.25) is 34.7 Å². The molecule has 0 aromatic heterocycles. The Morgan fingerprint density at radius 2 is 1.31 bits per heavy atom. The van der Waals surface area contributed by atoms with Crippen LogP contribution in [-0.2, 0) is 0 Å². The highest BCUT2D eigenvalue weighted by molar-refractivity contribution is 6.89. The van der Waals surface area contributed by atoms with Crippen LogP contribution >= 0.6 is 34.8 Å². The molecule has 0 fully saturated rings. The number of halogens is 3. The van der Waals surface area contributed by atoms with Crippen molar-refractivity contribution >= 4 is 48.1 Å². The first-order valence-corrected chi connectivity index (χ1v) is 8.61. The zero-order valence-corrected chi connectivity index (χ0v) is 11.1. The minimum atomic E-state index is -1.35. The molecule has 0 saturated carbocycles. The van der Waals surface area contributed by atoms with Gasteiger partial charge in [-0.25, -0.2) is 0 Å². The molecule has 0 atom stereocenters. The van der Waals surface area contributed by atoms with E-state index < -0.39 is 8.07 Å². The van der Waals surface area contributed by atoms with E-state index in [1.807, 2.05) is 12.1 Å². The van der Waals surface area contributed by atoms with Crippen LogP contribution in [0, 0.1) is 0 Å². The molecule has 0 aliphatic heterocycles. The monoisotopic (exact) mass is 252 g/mol. The Morgan fingerprint density at radius 1 is 0.923 bits per heavy atom. The van der Waals surface area contributed by atoms with Gasteiger partial charge in [-0.2, -0.15) is 0 Å². The maximum atomic E-state index is 5.93. The predicted octanol–water partition coefficient (Wildman–Crippen LogP) is 4.19. The fourth-order valence-corrected chi connectivity index (χ4v) is 2.92. The molecule has 0 bridgehead atoms. The van der Waals surface area contributed by atoms with Crippen LogP contribution in [-0.4, -0.2) is 8.07 Å². The van der Waals surface area contributed by atoms with Gasteiger partial charge in [0.05, 0.1) is 23.1 Å². The minimum absolute atomic E-state index is 0.449. The summed E-state index contributed by atoms with van der Waals surface area (Å²) in [6, 6.07) is 3.84. The molecule has 0 N–H and O–H groups in total. The summed E-state index contributed by atoms with van der Waals surface area (Å²) in [5.74, 6) is 0. The maximum Gasteiger partial charge on any atom is 0.0778 e. The summed E-state index contributed by atoms with van der Waals surface area (Å²) in [5, 5.41) is 2.77. The second-order valence-corrected chi connectivity index (χ2v) is 10.3. The van der Waals surface area contributed by atoms with Gasteiger partial charge in [0.1, 0.15) is 0 Å². The van der Waals surface area contributed by atoms with Gasteiger partial charge in [-0.05, 0) is 12.1 Å². The molecule has 0 radical (unpaired) electrons. The van der Waals surface area contributed by atoms with Crippen LogP contribution in [0.15, 0.2) is 12.1 Å². The fraction of sp³-hybridized carbons (Fsp3) is 0.333. The van der Waals surface area contributed by atoms with E-state index in [9.17, 15) is 0 Å². The lowest BCUT2D eigenvalue weighted by Crippen LogP contribution is -2.37. The summed E-state index contributed by atoms with van der Waals surface area (Å²) in [5.41, 5.74) is 0. The second kappa shape index (κ2) is 3.82. The van der Waals surface area contributed by atoms with Gasteiger partial charge in [-0.3, -0.25) is 0 Å². The number of benzene rings is 1. The standard InChI is InChI=1S/C9H11Cl3Si/c1-13(2,3)6-4-7(10)9(12)8(11)5-6/h4-5H,1-3H3. The molecule has 1 rings (SSSR count). The number of rotatable bonds is 1. The van der Waals surface area contributed by atoms with Gasteiger partial charge in [-0.1, -0.05) is 59.6 Å². The zero-order valence-electron chi connectivity index (χ0n) is 7.79. The Labute approximate surface area is 94.8 Å². The Bertz CT molecular complexity index is 305. The van der Waals surface area contributed by atoms with E-state index in [2.05, 4.69) is 19.6 Å². The van der Waals surface area contributed by atoms with Gasteiger partial charge in [0.2, 0.25) is 0 Å². The van der Waals surface area contributed by atoms with Crippen LogP contribution in [0.5, 0.6) is 0 Å². The third kappa shape index (κ3) is 2.63. The van der Waals surface area contributed by atoms with Crippen molar-refractivity contribution in [3.63, 3.8) is 0 Å². The van der Waals surface area contributed by atoms with Crippen molar-refractivity contribution in [2.24, 2.45) is 0 Å². The lowest BCUT2D eigenvalue weighted by atomic mass is 10.3. The maximum absolute atomic E-state index is 5.93. The van der Waals surface area contributed by atoms with E-state index in [1.165, 1.54) is 5.19 Å². The van der Waals surface area contributed by atoms with E-state index in [-0.39, 0.29) is 0 Å². The van der Waals surface area contributed by atoms with Gasteiger partial charge in [0.15, 0.2) is 0 Å². The highest BCUT2D eigenvalue weighted by Gasteiger charge is 2.18. The fourth-order valence-electron chi connectivity index (χ4n) is 0.989. The average Bonchev–Trinajstić information content (AvgIpc) is 1.97. The van der Waals surface area contributed by atoms with Gasteiger partial charge in [0.25, 0.3) is 0 Å². The van der Waals surface area contributed by atoms with E-state index in [4.69, 9.17) is 34.8 Å². The molecule has 0 aliphatic carbocycles. The van der Waals surface area contributed by atoms with Crippen LogP contribution in [0.1, 0.15) is 0 Å². The second-order valence-electron chi connectivity index (χ2n) is 4.00. The molecule has 0 heterocycles. The first-order chi connectivity index (χ1) is 5.82. The average molecular weight is 254 g/mol. The summed E-state index contributed by atoms with van der Waals surface area (Å²) in [7, 11) is -1.35. The molecule has 0 aliphatic rings. The third-order valence-corrected chi connectivity index (χ3v) is 5.07. The van der Waals surface area contributed by atoms with E-state index in [0.717, 1.165) is 0 Å². The van der Waals surface area contributed by atoms with Gasteiger partial charge >= 0.3 is 0 Å². The Morgan fingerprint density at radius 3 is 1.62 bits per heavy atom. The molecule has 0 amide bonds.